The Labute approximate surface area is 178 Å². The van der Waals surface area contributed by atoms with Gasteiger partial charge in [0.1, 0.15) is 11.4 Å². The standard InChI is InChI=1S/C25H16N4O2/c30-24-20(22(26-28-24)17-12-6-2-7-13-17)19(16-10-4-1-5-11-16)21-23(27-29-25(21)31)18-14-8-3-9-15-18/h1-15,19H. The number of amides is 2. The molecule has 5 rings (SSSR count). The molecule has 0 aliphatic carbocycles. The maximum atomic E-state index is 13.0. The highest BCUT2D eigenvalue weighted by molar-refractivity contribution is 6.12. The molecule has 0 bridgehead atoms. The number of hydrogen-bond acceptors (Lipinski definition) is 4. The Morgan fingerprint density at radius 3 is 1.29 bits per heavy atom. The minimum atomic E-state index is -0.698. The number of carbonyl (C=O) groups excluding carboxylic acids is 2. The summed E-state index contributed by atoms with van der Waals surface area (Å²) in [6.45, 7) is 0. The third kappa shape index (κ3) is 3.34. The van der Waals surface area contributed by atoms with Crippen molar-refractivity contribution in [1.82, 2.24) is 0 Å². The third-order valence-electron chi connectivity index (χ3n) is 5.26. The van der Waals surface area contributed by atoms with Crippen molar-refractivity contribution in [1.29, 1.82) is 0 Å². The summed E-state index contributed by atoms with van der Waals surface area (Å²) >= 11 is 0. The fourth-order valence-corrected chi connectivity index (χ4v) is 3.87. The van der Waals surface area contributed by atoms with Crippen LogP contribution in [0.3, 0.4) is 0 Å². The second kappa shape index (κ2) is 7.84. The fourth-order valence-electron chi connectivity index (χ4n) is 3.87. The second-order valence-electron chi connectivity index (χ2n) is 7.11. The number of benzene rings is 3. The van der Waals surface area contributed by atoms with E-state index in [0.717, 1.165) is 16.7 Å². The summed E-state index contributed by atoms with van der Waals surface area (Å²) in [4.78, 5) is 25.9. The van der Waals surface area contributed by atoms with Gasteiger partial charge in [0.05, 0.1) is 11.1 Å². The van der Waals surface area contributed by atoms with E-state index in [1.165, 1.54) is 0 Å². The molecule has 0 N–H and O–H groups in total. The van der Waals surface area contributed by atoms with E-state index in [9.17, 15) is 9.59 Å². The molecule has 6 nitrogen and oxygen atoms in total. The summed E-state index contributed by atoms with van der Waals surface area (Å²) in [5.74, 6) is -1.63. The van der Waals surface area contributed by atoms with E-state index in [1.807, 2.05) is 91.0 Å². The van der Waals surface area contributed by atoms with Gasteiger partial charge in [0.25, 0.3) is 11.8 Å². The highest BCUT2D eigenvalue weighted by atomic mass is 16.2. The van der Waals surface area contributed by atoms with Crippen LogP contribution in [0.25, 0.3) is 11.4 Å². The van der Waals surface area contributed by atoms with Crippen LogP contribution in [0.2, 0.25) is 0 Å². The Morgan fingerprint density at radius 2 is 0.871 bits per heavy atom. The predicted octanol–water partition coefficient (Wildman–Crippen LogP) is 5.58. The zero-order valence-electron chi connectivity index (χ0n) is 16.3. The van der Waals surface area contributed by atoms with E-state index in [4.69, 9.17) is 0 Å². The number of nitrogens with zero attached hydrogens (tertiary/aromatic N) is 4. The van der Waals surface area contributed by atoms with E-state index in [0.29, 0.717) is 22.5 Å². The van der Waals surface area contributed by atoms with E-state index >= 15 is 0 Å². The Hall–Kier alpha value is -4.32. The van der Waals surface area contributed by atoms with Crippen LogP contribution in [-0.2, 0) is 9.59 Å². The van der Waals surface area contributed by atoms with Gasteiger partial charge in [-0.15, -0.1) is 20.5 Å². The van der Waals surface area contributed by atoms with Gasteiger partial charge in [0.2, 0.25) is 0 Å². The molecular formula is C25H16N4O2. The van der Waals surface area contributed by atoms with Crippen LogP contribution in [0.4, 0.5) is 0 Å². The molecular weight excluding hydrogens is 388 g/mol. The lowest BCUT2D eigenvalue weighted by Crippen LogP contribution is -2.16. The highest BCUT2D eigenvalue weighted by Gasteiger charge is 2.39. The van der Waals surface area contributed by atoms with Crippen molar-refractivity contribution in [3.05, 3.63) is 119 Å². The molecule has 0 atom stereocenters. The van der Waals surface area contributed by atoms with Crippen LogP contribution in [0.15, 0.2) is 123 Å². The van der Waals surface area contributed by atoms with Crippen molar-refractivity contribution in [2.45, 2.75) is 5.92 Å². The molecule has 2 amide bonds. The zero-order valence-corrected chi connectivity index (χ0v) is 16.3. The molecule has 3 aromatic carbocycles. The molecule has 2 aliphatic rings. The summed E-state index contributed by atoms with van der Waals surface area (Å²) in [5, 5.41) is 16.0. The van der Waals surface area contributed by atoms with Crippen LogP contribution in [0, 0.1) is 0 Å². The van der Waals surface area contributed by atoms with Gasteiger partial charge in [-0.1, -0.05) is 91.0 Å². The van der Waals surface area contributed by atoms with Crippen molar-refractivity contribution in [3.8, 4) is 0 Å². The smallest absolute Gasteiger partial charge is 0.265 e. The van der Waals surface area contributed by atoms with Crippen molar-refractivity contribution in [2.24, 2.45) is 20.5 Å². The first-order valence-electron chi connectivity index (χ1n) is 9.80. The molecule has 31 heavy (non-hydrogen) atoms. The summed E-state index contributed by atoms with van der Waals surface area (Å²) < 4.78 is 0. The SMILES string of the molecule is O=C1N=NC(c2ccccc2)=C1C(C1=C(c2ccccc2)N=NC1=O)c1ccccc1. The first-order chi connectivity index (χ1) is 15.2. The molecule has 2 aliphatic heterocycles. The lowest BCUT2D eigenvalue weighted by Gasteiger charge is -2.19. The molecule has 0 radical (unpaired) electrons. The molecule has 0 unspecified atom stereocenters. The molecule has 0 spiro atoms. The van der Waals surface area contributed by atoms with E-state index < -0.39 is 17.7 Å². The zero-order chi connectivity index (χ0) is 21.2. The lowest BCUT2D eigenvalue weighted by molar-refractivity contribution is -0.114. The van der Waals surface area contributed by atoms with Gasteiger partial charge in [-0.3, -0.25) is 9.59 Å². The molecule has 3 aromatic rings. The first-order valence-corrected chi connectivity index (χ1v) is 9.80. The number of hydrogen-bond donors (Lipinski definition) is 0. The van der Waals surface area contributed by atoms with Crippen molar-refractivity contribution in [3.63, 3.8) is 0 Å². The molecule has 148 valence electrons. The van der Waals surface area contributed by atoms with Gasteiger partial charge < -0.3 is 0 Å². The quantitative estimate of drug-likeness (QED) is 0.556. The van der Waals surface area contributed by atoms with Crippen LogP contribution in [0.5, 0.6) is 0 Å². The summed E-state index contributed by atoms with van der Waals surface area (Å²) in [6, 6.07) is 28.1. The van der Waals surface area contributed by atoms with Gasteiger partial charge in [-0.2, -0.15) is 0 Å². The normalized spacial score (nSPS) is 15.6. The largest absolute Gasteiger partial charge is 0.294 e. The van der Waals surface area contributed by atoms with Gasteiger partial charge in [-0.25, -0.2) is 0 Å². The Kier molecular flexibility index (Phi) is 4.72. The molecule has 2 heterocycles. The van der Waals surface area contributed by atoms with Crippen LogP contribution >= 0.6 is 0 Å². The van der Waals surface area contributed by atoms with Crippen LogP contribution < -0.4 is 0 Å². The maximum Gasteiger partial charge on any atom is 0.294 e. The molecule has 0 saturated carbocycles. The monoisotopic (exact) mass is 404 g/mol. The lowest BCUT2D eigenvalue weighted by atomic mass is 9.80. The minimum Gasteiger partial charge on any atom is -0.265 e. The van der Waals surface area contributed by atoms with Gasteiger partial charge in [0.15, 0.2) is 0 Å². The van der Waals surface area contributed by atoms with E-state index in [-0.39, 0.29) is 0 Å². The number of rotatable bonds is 5. The van der Waals surface area contributed by atoms with Crippen LogP contribution in [-0.4, -0.2) is 11.8 Å². The predicted molar refractivity (Wildman–Crippen MR) is 116 cm³/mol. The summed E-state index contributed by atoms with van der Waals surface area (Å²) in [7, 11) is 0. The number of azo groups is 2. The Bertz CT molecular complexity index is 1210. The van der Waals surface area contributed by atoms with Crippen molar-refractivity contribution >= 4 is 23.2 Å². The molecule has 0 saturated heterocycles. The Morgan fingerprint density at radius 1 is 0.484 bits per heavy atom. The van der Waals surface area contributed by atoms with Crippen molar-refractivity contribution < 1.29 is 9.59 Å². The fraction of sp³-hybridized carbons (Fsp3) is 0.0400. The van der Waals surface area contributed by atoms with Gasteiger partial charge in [-0.05, 0) is 5.56 Å². The van der Waals surface area contributed by atoms with E-state index in [1.54, 1.807) is 0 Å². The third-order valence-corrected chi connectivity index (χ3v) is 5.26. The summed E-state index contributed by atoms with van der Waals surface area (Å²) in [5.41, 5.74) is 3.90. The van der Waals surface area contributed by atoms with E-state index in [2.05, 4.69) is 20.5 Å². The molecule has 6 heteroatoms. The Balaban J connectivity index is 1.78. The van der Waals surface area contributed by atoms with Gasteiger partial charge in [0, 0.05) is 17.0 Å². The first kappa shape index (κ1) is 18.7. The maximum absolute atomic E-state index is 13.0. The van der Waals surface area contributed by atoms with Crippen LogP contribution in [0.1, 0.15) is 22.6 Å². The highest BCUT2D eigenvalue weighted by Crippen LogP contribution is 2.45. The molecule has 0 aromatic heterocycles. The molecule has 0 fully saturated rings. The topological polar surface area (TPSA) is 83.6 Å². The minimum absolute atomic E-state index is 0.349. The summed E-state index contributed by atoms with van der Waals surface area (Å²) in [6.07, 6.45) is 0. The van der Waals surface area contributed by atoms with Crippen molar-refractivity contribution in [2.75, 3.05) is 0 Å². The number of carbonyl (C=O) groups is 2. The second-order valence-corrected chi connectivity index (χ2v) is 7.11. The average molecular weight is 404 g/mol. The average Bonchev–Trinajstić information content (AvgIpc) is 3.39. The van der Waals surface area contributed by atoms with Gasteiger partial charge >= 0.3 is 0 Å².